The summed E-state index contributed by atoms with van der Waals surface area (Å²) in [6.07, 6.45) is -0.687. The third-order valence-electron chi connectivity index (χ3n) is 3.81. The average Bonchev–Trinajstić information content (AvgIpc) is 2.68. The maximum absolute atomic E-state index is 12.7. The molecule has 1 aliphatic carbocycles. The molecule has 3 rings (SSSR count). The summed E-state index contributed by atoms with van der Waals surface area (Å²) >= 11 is 6.05. The highest BCUT2D eigenvalue weighted by molar-refractivity contribution is 6.27. The van der Waals surface area contributed by atoms with Gasteiger partial charge in [-0.3, -0.25) is 19.2 Å². The molecule has 0 aromatic heterocycles. The lowest BCUT2D eigenvalue weighted by molar-refractivity contribution is -0.190. The van der Waals surface area contributed by atoms with Crippen molar-refractivity contribution in [2.24, 2.45) is 11.8 Å². The second kappa shape index (κ2) is 4.60. The van der Waals surface area contributed by atoms with Crippen LogP contribution in [0.4, 0.5) is 0 Å². The minimum Gasteiger partial charge on any atom is -0.481 e. The van der Waals surface area contributed by atoms with Crippen molar-refractivity contribution in [3.8, 4) is 0 Å². The van der Waals surface area contributed by atoms with Gasteiger partial charge in [-0.25, -0.2) is 5.84 Å². The molecule has 1 fully saturated rings. The molecule has 1 saturated heterocycles. The normalized spacial score (nSPS) is 31.9. The average molecular weight is 311 g/mol. The highest BCUT2D eigenvalue weighted by atomic mass is 35.5. The van der Waals surface area contributed by atoms with Crippen molar-refractivity contribution in [3.05, 3.63) is 35.4 Å². The van der Waals surface area contributed by atoms with E-state index in [0.717, 1.165) is 0 Å². The van der Waals surface area contributed by atoms with Crippen molar-refractivity contribution in [1.82, 2.24) is 5.17 Å². The van der Waals surface area contributed by atoms with Gasteiger partial charge in [0.05, 0.1) is 12.3 Å². The molecule has 0 bridgehead atoms. The third kappa shape index (κ3) is 1.82. The Hall–Kier alpha value is -1.80. The van der Waals surface area contributed by atoms with Gasteiger partial charge in [0, 0.05) is 11.1 Å². The fraction of sp³-hybridized carbons (Fsp3) is 0.308. The minimum absolute atomic E-state index is 0.124. The van der Waals surface area contributed by atoms with Gasteiger partial charge in [0.2, 0.25) is 0 Å². The van der Waals surface area contributed by atoms with Gasteiger partial charge in [-0.05, 0) is 0 Å². The predicted octanol–water partition coefficient (Wildman–Crippen LogP) is 0.581. The van der Waals surface area contributed by atoms with Crippen LogP contribution < -0.4 is 5.84 Å². The van der Waals surface area contributed by atoms with E-state index in [0.29, 0.717) is 5.17 Å². The van der Waals surface area contributed by atoms with Crippen LogP contribution in [0, 0.1) is 5.92 Å². The molecule has 0 radical (unpaired) electrons. The minimum atomic E-state index is -1.89. The van der Waals surface area contributed by atoms with E-state index in [4.69, 9.17) is 27.4 Å². The maximum atomic E-state index is 12.7. The SMILES string of the molecule is NN1O[C@]2(CC(=O)O)C(=O)c3ccccc3C(=O)C2C1Cl. The van der Waals surface area contributed by atoms with Crippen LogP contribution in [-0.4, -0.2) is 38.9 Å². The Labute approximate surface area is 124 Å². The molecule has 110 valence electrons. The number of hydroxylamine groups is 1. The monoisotopic (exact) mass is 310 g/mol. The zero-order valence-electron chi connectivity index (χ0n) is 10.7. The zero-order chi connectivity index (χ0) is 15.4. The van der Waals surface area contributed by atoms with Crippen LogP contribution in [-0.2, 0) is 9.63 Å². The summed E-state index contributed by atoms with van der Waals surface area (Å²) < 4.78 is 0. The van der Waals surface area contributed by atoms with E-state index < -0.39 is 41.0 Å². The molecule has 1 heterocycles. The third-order valence-corrected chi connectivity index (χ3v) is 4.25. The van der Waals surface area contributed by atoms with Crippen molar-refractivity contribution >= 4 is 29.1 Å². The Morgan fingerprint density at radius 3 is 2.62 bits per heavy atom. The first kappa shape index (κ1) is 14.2. The first-order valence-corrected chi connectivity index (χ1v) is 6.59. The number of rotatable bonds is 2. The van der Waals surface area contributed by atoms with E-state index in [1.54, 1.807) is 12.1 Å². The number of ketones is 2. The van der Waals surface area contributed by atoms with Crippen molar-refractivity contribution in [2.75, 3.05) is 0 Å². The Morgan fingerprint density at radius 2 is 2.00 bits per heavy atom. The van der Waals surface area contributed by atoms with Gasteiger partial charge in [-0.1, -0.05) is 24.3 Å². The number of carbonyl (C=O) groups is 3. The molecule has 0 saturated carbocycles. The number of carbonyl (C=O) groups excluding carboxylic acids is 2. The van der Waals surface area contributed by atoms with Crippen LogP contribution >= 0.6 is 11.6 Å². The molecule has 1 aliphatic heterocycles. The molecule has 0 spiro atoms. The lowest BCUT2D eigenvalue weighted by Crippen LogP contribution is -2.53. The molecular weight excluding hydrogens is 300 g/mol. The zero-order valence-corrected chi connectivity index (χ0v) is 11.4. The van der Waals surface area contributed by atoms with Crippen LogP contribution in [0.25, 0.3) is 0 Å². The largest absolute Gasteiger partial charge is 0.481 e. The number of hydrogen-bond donors (Lipinski definition) is 2. The summed E-state index contributed by atoms with van der Waals surface area (Å²) in [5, 5.41) is 9.76. The van der Waals surface area contributed by atoms with Gasteiger partial charge in [0.1, 0.15) is 5.50 Å². The van der Waals surface area contributed by atoms with Crippen LogP contribution in [0.3, 0.4) is 0 Å². The molecule has 21 heavy (non-hydrogen) atoms. The predicted molar refractivity (Wildman–Crippen MR) is 70.3 cm³/mol. The topological polar surface area (TPSA) is 110 Å². The van der Waals surface area contributed by atoms with E-state index in [-0.39, 0.29) is 11.1 Å². The van der Waals surface area contributed by atoms with Gasteiger partial charge in [-0.15, -0.1) is 16.8 Å². The molecule has 2 unspecified atom stereocenters. The molecule has 1 aromatic carbocycles. The molecule has 7 nitrogen and oxygen atoms in total. The number of carboxylic acids is 1. The second-order valence-corrected chi connectivity index (χ2v) is 5.45. The number of aliphatic carboxylic acids is 1. The Morgan fingerprint density at radius 1 is 1.38 bits per heavy atom. The first-order chi connectivity index (χ1) is 9.88. The number of hydrazine groups is 1. The highest BCUT2D eigenvalue weighted by Gasteiger charge is 2.65. The molecule has 0 amide bonds. The lowest BCUT2D eigenvalue weighted by Gasteiger charge is -2.34. The Bertz CT molecular complexity index is 664. The van der Waals surface area contributed by atoms with Crippen molar-refractivity contribution in [3.63, 3.8) is 0 Å². The van der Waals surface area contributed by atoms with Crippen LogP contribution in [0.1, 0.15) is 27.1 Å². The molecule has 3 atom stereocenters. The number of alkyl halides is 1. The smallest absolute Gasteiger partial charge is 0.306 e. The maximum Gasteiger partial charge on any atom is 0.306 e. The fourth-order valence-electron chi connectivity index (χ4n) is 2.92. The standard InChI is InChI=1S/C13H11ClN2O5/c14-12-9-10(19)6-3-1-2-4-7(6)11(20)13(9,5-8(17)18)21-16(12)15/h1-4,9,12H,5,15H2,(H,17,18)/t9?,12?,13-/m0/s1. The van der Waals surface area contributed by atoms with Crippen LogP contribution in [0.5, 0.6) is 0 Å². The second-order valence-electron chi connectivity index (χ2n) is 5.00. The lowest BCUT2D eigenvalue weighted by atomic mass is 9.69. The van der Waals surface area contributed by atoms with E-state index in [2.05, 4.69) is 0 Å². The summed E-state index contributed by atoms with van der Waals surface area (Å²) in [6, 6.07) is 6.17. The number of Topliss-reactive ketones (excluding diaryl/α,β-unsaturated/α-hetero) is 2. The van der Waals surface area contributed by atoms with Gasteiger partial charge < -0.3 is 5.11 Å². The van der Waals surface area contributed by atoms with Gasteiger partial charge in [0.25, 0.3) is 0 Å². The Kier molecular flexibility index (Phi) is 3.10. The summed E-state index contributed by atoms with van der Waals surface area (Å²) in [4.78, 5) is 41.7. The summed E-state index contributed by atoms with van der Waals surface area (Å²) in [5.74, 6) is 2.06. The molecule has 8 heteroatoms. The molecule has 2 aliphatic rings. The quantitative estimate of drug-likeness (QED) is 0.467. The molecule has 1 aromatic rings. The number of nitrogens with zero attached hydrogens (tertiary/aromatic N) is 1. The van der Waals surface area contributed by atoms with E-state index in [1.807, 2.05) is 0 Å². The number of hydrogen-bond acceptors (Lipinski definition) is 6. The number of fused-ring (bicyclic) bond motifs is 2. The van der Waals surface area contributed by atoms with E-state index >= 15 is 0 Å². The van der Waals surface area contributed by atoms with E-state index in [1.165, 1.54) is 12.1 Å². The van der Waals surface area contributed by atoms with Crippen LogP contribution in [0.2, 0.25) is 0 Å². The van der Waals surface area contributed by atoms with Crippen LogP contribution in [0.15, 0.2) is 24.3 Å². The van der Waals surface area contributed by atoms with Gasteiger partial charge in [-0.2, -0.15) is 0 Å². The fourth-order valence-corrected chi connectivity index (χ4v) is 3.28. The Balaban J connectivity index is 2.22. The van der Waals surface area contributed by atoms with Crippen molar-refractivity contribution in [1.29, 1.82) is 0 Å². The number of carboxylic acid groups (broad SMARTS) is 1. The van der Waals surface area contributed by atoms with Gasteiger partial charge >= 0.3 is 5.97 Å². The number of benzene rings is 1. The van der Waals surface area contributed by atoms with Gasteiger partial charge in [0.15, 0.2) is 17.2 Å². The summed E-state index contributed by atoms with van der Waals surface area (Å²) in [6.45, 7) is 0. The molecule has 3 N–H and O–H groups in total. The van der Waals surface area contributed by atoms with Crippen molar-refractivity contribution in [2.45, 2.75) is 17.5 Å². The summed E-state index contributed by atoms with van der Waals surface area (Å²) in [7, 11) is 0. The number of halogens is 1. The molecular formula is C13H11ClN2O5. The number of nitrogens with two attached hydrogens (primary N) is 1. The summed E-state index contributed by atoms with van der Waals surface area (Å²) in [5.41, 5.74) is -2.68. The van der Waals surface area contributed by atoms with Crippen molar-refractivity contribution < 1.29 is 24.3 Å². The first-order valence-electron chi connectivity index (χ1n) is 6.15. The van der Waals surface area contributed by atoms with E-state index in [9.17, 15) is 14.4 Å². The highest BCUT2D eigenvalue weighted by Crippen LogP contribution is 2.47.